The topological polar surface area (TPSA) is 97.3 Å². The molecule has 2 aromatic carbocycles. The molecule has 8 nitrogen and oxygen atoms in total. The van der Waals surface area contributed by atoms with Gasteiger partial charge in [0.25, 0.3) is 11.8 Å². The second-order valence-corrected chi connectivity index (χ2v) is 6.40. The van der Waals surface area contributed by atoms with Crippen LogP contribution < -0.4 is 10.2 Å². The number of methoxy groups -OCH3 is 1. The number of benzene rings is 2. The molecule has 28 heavy (non-hydrogen) atoms. The van der Waals surface area contributed by atoms with Crippen LogP contribution in [-0.2, 0) is 9.53 Å². The minimum atomic E-state index is -0.619. The molecule has 2 aliphatic rings. The quantitative estimate of drug-likeness (QED) is 0.485. The van der Waals surface area contributed by atoms with Crippen LogP contribution in [-0.4, -0.2) is 48.2 Å². The molecule has 0 saturated carbocycles. The summed E-state index contributed by atoms with van der Waals surface area (Å²) >= 11 is 0. The van der Waals surface area contributed by atoms with Crippen molar-refractivity contribution in [2.24, 2.45) is 5.10 Å². The number of nitrogens with zero attached hydrogens (tertiary/aromatic N) is 2. The molecule has 1 fully saturated rings. The summed E-state index contributed by atoms with van der Waals surface area (Å²) in [6.07, 6.45) is -0.416. The number of imide groups is 1. The molecule has 2 amide bonds. The van der Waals surface area contributed by atoms with Gasteiger partial charge in [0.2, 0.25) is 0 Å². The average Bonchev–Trinajstić information content (AvgIpc) is 3.19. The fourth-order valence-electron chi connectivity index (χ4n) is 3.16. The maximum absolute atomic E-state index is 12.4. The maximum Gasteiger partial charge on any atom is 0.354 e. The van der Waals surface area contributed by atoms with E-state index in [4.69, 9.17) is 9.47 Å². The van der Waals surface area contributed by atoms with Gasteiger partial charge in [0.1, 0.15) is 17.6 Å². The highest BCUT2D eigenvalue weighted by atomic mass is 16.6. The third kappa shape index (κ3) is 3.20. The van der Waals surface area contributed by atoms with E-state index in [0.717, 1.165) is 4.90 Å². The van der Waals surface area contributed by atoms with Crippen LogP contribution in [0.1, 0.15) is 27.1 Å². The number of hydrogen-bond acceptors (Lipinski definition) is 7. The van der Waals surface area contributed by atoms with Crippen LogP contribution in [0.2, 0.25) is 0 Å². The number of amides is 2. The summed E-state index contributed by atoms with van der Waals surface area (Å²) < 4.78 is 10.4. The van der Waals surface area contributed by atoms with E-state index in [2.05, 4.69) is 10.5 Å². The minimum absolute atomic E-state index is 0.000355. The molecule has 0 unspecified atom stereocenters. The number of rotatable bonds is 5. The lowest BCUT2D eigenvalue weighted by atomic mass is 10.1. The predicted molar refractivity (Wildman–Crippen MR) is 100 cm³/mol. The lowest BCUT2D eigenvalue weighted by molar-refractivity contribution is -0.137. The van der Waals surface area contributed by atoms with Crippen molar-refractivity contribution in [3.8, 4) is 5.75 Å². The van der Waals surface area contributed by atoms with Gasteiger partial charge in [-0.15, -0.1) is 0 Å². The highest BCUT2D eigenvalue weighted by molar-refractivity contribution is 6.38. The molecule has 0 aromatic heterocycles. The number of esters is 1. The van der Waals surface area contributed by atoms with Crippen molar-refractivity contribution in [3.63, 3.8) is 0 Å². The summed E-state index contributed by atoms with van der Waals surface area (Å²) in [4.78, 5) is 38.0. The number of ether oxygens (including phenoxy) is 2. The highest BCUT2D eigenvalue weighted by Crippen LogP contribution is 2.25. The lowest BCUT2D eigenvalue weighted by Crippen LogP contribution is -2.36. The minimum Gasteiger partial charge on any atom is -0.497 e. The number of hydrazone groups is 1. The van der Waals surface area contributed by atoms with Crippen molar-refractivity contribution >= 4 is 29.2 Å². The fourth-order valence-corrected chi connectivity index (χ4v) is 3.16. The van der Waals surface area contributed by atoms with Crippen molar-refractivity contribution in [3.05, 3.63) is 59.7 Å². The van der Waals surface area contributed by atoms with Crippen molar-refractivity contribution in [1.29, 1.82) is 0 Å². The van der Waals surface area contributed by atoms with E-state index in [-0.39, 0.29) is 30.5 Å². The molecule has 4 rings (SSSR count). The standard InChI is InChI=1S/C20H17N3O5/c1-27-13-8-6-12(7-9-13)21-22-17-10-14(28-20(17)26)11-23-18(24)15-4-2-3-5-16(15)19(23)25/h2-9,14,21H,10-11H2,1H3/b22-17+/t14-/m0/s1. The molecular formula is C20H17N3O5. The Morgan fingerprint density at radius 2 is 1.71 bits per heavy atom. The monoisotopic (exact) mass is 379 g/mol. The average molecular weight is 379 g/mol. The van der Waals surface area contributed by atoms with E-state index in [1.807, 2.05) is 0 Å². The van der Waals surface area contributed by atoms with Crippen molar-refractivity contribution < 1.29 is 23.9 Å². The van der Waals surface area contributed by atoms with Crippen LogP contribution in [0.25, 0.3) is 0 Å². The Morgan fingerprint density at radius 3 is 2.32 bits per heavy atom. The summed E-state index contributed by atoms with van der Waals surface area (Å²) in [5.41, 5.74) is 4.42. The Morgan fingerprint density at radius 1 is 1.07 bits per heavy atom. The zero-order valence-electron chi connectivity index (χ0n) is 15.0. The number of anilines is 1. The number of hydrogen-bond donors (Lipinski definition) is 1. The Balaban J connectivity index is 1.41. The first-order chi connectivity index (χ1) is 13.6. The van der Waals surface area contributed by atoms with Crippen LogP contribution in [0, 0.1) is 0 Å². The zero-order chi connectivity index (χ0) is 19.7. The van der Waals surface area contributed by atoms with Gasteiger partial charge in [-0.1, -0.05) is 12.1 Å². The van der Waals surface area contributed by atoms with Gasteiger partial charge in [-0.2, -0.15) is 5.10 Å². The maximum atomic E-state index is 12.4. The van der Waals surface area contributed by atoms with Crippen LogP contribution in [0.5, 0.6) is 5.75 Å². The van der Waals surface area contributed by atoms with E-state index in [9.17, 15) is 14.4 Å². The second kappa shape index (κ2) is 7.15. The zero-order valence-corrected chi connectivity index (χ0v) is 15.0. The van der Waals surface area contributed by atoms with Crippen LogP contribution in [0.15, 0.2) is 53.6 Å². The SMILES string of the molecule is COc1ccc(N/N=C2\C[C@@H](CN3C(=O)c4ccccc4C3=O)OC2=O)cc1. The lowest BCUT2D eigenvalue weighted by Gasteiger charge is -2.17. The molecule has 1 saturated heterocycles. The summed E-state index contributed by atoms with van der Waals surface area (Å²) in [7, 11) is 1.58. The third-order valence-electron chi connectivity index (χ3n) is 4.60. The molecule has 1 atom stereocenters. The largest absolute Gasteiger partial charge is 0.497 e. The summed E-state index contributed by atoms with van der Waals surface area (Å²) in [5, 5.41) is 4.10. The van der Waals surface area contributed by atoms with E-state index < -0.39 is 12.1 Å². The first-order valence-electron chi connectivity index (χ1n) is 8.69. The fraction of sp³-hybridized carbons (Fsp3) is 0.200. The van der Waals surface area contributed by atoms with Crippen LogP contribution in [0.4, 0.5) is 5.69 Å². The van der Waals surface area contributed by atoms with Crippen molar-refractivity contribution in [1.82, 2.24) is 4.90 Å². The smallest absolute Gasteiger partial charge is 0.354 e. The van der Waals surface area contributed by atoms with Gasteiger partial charge in [0.05, 0.1) is 30.5 Å². The Bertz CT molecular complexity index is 949. The molecule has 0 bridgehead atoms. The van der Waals surface area contributed by atoms with Crippen molar-refractivity contribution in [2.45, 2.75) is 12.5 Å². The van der Waals surface area contributed by atoms with Gasteiger partial charge < -0.3 is 9.47 Å². The molecular weight excluding hydrogens is 362 g/mol. The predicted octanol–water partition coefficient (Wildman–Crippen LogP) is 2.07. The van der Waals surface area contributed by atoms with E-state index in [1.165, 1.54) is 0 Å². The molecule has 0 aliphatic carbocycles. The third-order valence-corrected chi connectivity index (χ3v) is 4.60. The van der Waals surface area contributed by atoms with E-state index in [0.29, 0.717) is 22.6 Å². The Hall–Kier alpha value is -3.68. The molecule has 142 valence electrons. The molecule has 2 aliphatic heterocycles. The first-order valence-corrected chi connectivity index (χ1v) is 8.69. The normalized spacial score (nSPS) is 19.8. The molecule has 2 aromatic rings. The molecule has 1 N–H and O–H groups in total. The number of nitrogens with one attached hydrogen (secondary N) is 1. The number of fused-ring (bicyclic) bond motifs is 1. The summed E-state index contributed by atoms with van der Waals surface area (Å²) in [6.45, 7) is -0.000355. The van der Waals surface area contributed by atoms with Gasteiger partial charge >= 0.3 is 5.97 Å². The highest BCUT2D eigenvalue weighted by Gasteiger charge is 2.40. The van der Waals surface area contributed by atoms with E-state index >= 15 is 0 Å². The van der Waals surface area contributed by atoms with Crippen LogP contribution >= 0.6 is 0 Å². The van der Waals surface area contributed by atoms with Gasteiger partial charge in [0, 0.05) is 6.42 Å². The first kappa shape index (κ1) is 17.7. The molecule has 0 radical (unpaired) electrons. The van der Waals surface area contributed by atoms with Gasteiger partial charge in [-0.25, -0.2) is 4.79 Å². The molecule has 0 spiro atoms. The van der Waals surface area contributed by atoms with Gasteiger partial charge in [-0.05, 0) is 36.4 Å². The Labute approximate surface area is 160 Å². The summed E-state index contributed by atoms with van der Waals surface area (Å²) in [5.74, 6) is -0.612. The van der Waals surface area contributed by atoms with Crippen LogP contribution in [0.3, 0.4) is 0 Å². The van der Waals surface area contributed by atoms with Gasteiger partial charge in [-0.3, -0.25) is 19.9 Å². The van der Waals surface area contributed by atoms with Crippen molar-refractivity contribution in [2.75, 3.05) is 19.1 Å². The summed E-state index contributed by atoms with van der Waals surface area (Å²) in [6, 6.07) is 13.7. The Kier molecular flexibility index (Phi) is 4.52. The second-order valence-electron chi connectivity index (χ2n) is 6.40. The van der Waals surface area contributed by atoms with Gasteiger partial charge in [0.15, 0.2) is 0 Å². The van der Waals surface area contributed by atoms with E-state index in [1.54, 1.807) is 55.6 Å². The number of cyclic esters (lactones) is 1. The molecule has 2 heterocycles. The number of carbonyl (C=O) groups excluding carboxylic acids is 3. The molecule has 8 heteroatoms. The number of carbonyl (C=O) groups is 3.